The van der Waals surface area contributed by atoms with Crippen LogP contribution in [0.15, 0.2) is 152 Å². The maximum Gasteiger partial charge on any atom is 0.200 e. The summed E-state index contributed by atoms with van der Waals surface area (Å²) in [5.41, 5.74) is 11.0. The zero-order chi connectivity index (χ0) is 58.7. The number of hydrogen-bond acceptors (Lipinski definition) is 4. The summed E-state index contributed by atoms with van der Waals surface area (Å²) in [6.07, 6.45) is 1.87. The van der Waals surface area contributed by atoms with E-state index in [1.165, 1.54) is 0 Å². The van der Waals surface area contributed by atoms with Crippen molar-refractivity contribution in [1.29, 1.82) is 0 Å². The molecule has 1 aliphatic rings. The molecule has 0 fully saturated rings. The molecule has 0 saturated heterocycles. The summed E-state index contributed by atoms with van der Waals surface area (Å²) in [4.78, 5) is 8.97. The maximum atomic E-state index is 16.8. The van der Waals surface area contributed by atoms with Crippen LogP contribution < -0.4 is 14.5 Å². The molecule has 0 saturated carbocycles. The van der Waals surface area contributed by atoms with E-state index in [9.17, 15) is 0 Å². The first-order chi connectivity index (χ1) is 38.6. The summed E-state index contributed by atoms with van der Waals surface area (Å²) in [6, 6.07) is 48.8. The van der Waals surface area contributed by atoms with E-state index in [1.807, 2.05) is 98.6 Å². The summed E-state index contributed by atoms with van der Waals surface area (Å²) < 4.78 is 89.6. The molecule has 1 aliphatic heterocycles. The van der Waals surface area contributed by atoms with Crippen LogP contribution in [-0.2, 0) is 21.7 Å². The fourth-order valence-electron chi connectivity index (χ4n) is 11.5. The molecular weight excluding hydrogens is 1030 g/mol. The first-order valence-corrected chi connectivity index (χ1v) is 28.0. The quantitative estimate of drug-likeness (QED) is 0.0863. The average Bonchev–Trinajstić information content (AvgIpc) is 3.07. The van der Waals surface area contributed by atoms with Crippen LogP contribution in [0.25, 0.3) is 61.0 Å². The Labute approximate surface area is 478 Å². The molecule has 0 amide bonds. The molecule has 82 heavy (non-hydrogen) atoms. The molecule has 11 rings (SSSR count). The second-order valence-electron chi connectivity index (χ2n) is 26.2. The van der Waals surface area contributed by atoms with Gasteiger partial charge < -0.3 is 14.5 Å². The van der Waals surface area contributed by atoms with E-state index >= 15 is 22.0 Å². The average molecular weight is 1100 g/mol. The molecular formula is C72H69F5N4O. The summed E-state index contributed by atoms with van der Waals surface area (Å²) in [6.45, 7) is 29.5. The summed E-state index contributed by atoms with van der Waals surface area (Å²) in [5, 5.41) is 2.13. The summed E-state index contributed by atoms with van der Waals surface area (Å²) in [7, 11) is 0. The van der Waals surface area contributed by atoms with Gasteiger partial charge in [0.1, 0.15) is 24.0 Å². The smallest absolute Gasteiger partial charge is 0.200 e. The Hall–Kier alpha value is -8.24. The molecule has 0 aliphatic carbocycles. The zero-order valence-electron chi connectivity index (χ0n) is 49.2. The van der Waals surface area contributed by atoms with Crippen molar-refractivity contribution in [3.05, 3.63) is 214 Å². The van der Waals surface area contributed by atoms with Crippen LogP contribution >= 0.6 is 0 Å². The Morgan fingerprint density at radius 1 is 0.427 bits per heavy atom. The Morgan fingerprint density at radius 3 is 1.60 bits per heavy atom. The van der Waals surface area contributed by atoms with Crippen molar-refractivity contribution < 1.29 is 26.7 Å². The Morgan fingerprint density at radius 2 is 0.976 bits per heavy atom. The monoisotopic (exact) mass is 1100 g/mol. The third kappa shape index (κ3) is 9.87. The van der Waals surface area contributed by atoms with Crippen LogP contribution in [0, 0.1) is 42.9 Å². The van der Waals surface area contributed by atoms with Gasteiger partial charge in [0.15, 0.2) is 23.3 Å². The van der Waals surface area contributed by atoms with Crippen LogP contribution in [-0.4, -0.2) is 16.2 Å². The number of anilines is 4. The third-order valence-electron chi connectivity index (χ3n) is 16.1. The van der Waals surface area contributed by atoms with Crippen molar-refractivity contribution in [3.63, 3.8) is 0 Å². The van der Waals surface area contributed by atoms with Gasteiger partial charge in [0, 0.05) is 45.9 Å². The van der Waals surface area contributed by atoms with Gasteiger partial charge in [-0.3, -0.25) is 4.57 Å². The van der Waals surface area contributed by atoms with E-state index in [-0.39, 0.29) is 34.2 Å². The first-order valence-electron chi connectivity index (χ1n) is 28.0. The van der Waals surface area contributed by atoms with Gasteiger partial charge in [-0.05, 0) is 152 Å². The number of halogens is 5. The standard InChI is InChI=1S/C72H69F5N4O/c1-41-20-19-21-42(2)61(41)44-32-49(38-51(33-44)82-50-26-27-53-52-22-15-16-23-56(52)81(59(53)39-50)60-37-45(28-29-78-60)69(3,4)5)79-40-80(58-25-18-17-24-57(58)79)68-54(43-30-46(70(6,7)8)34-47(31-43)71(9,10)11)35-48(72(12,13)14)36-55(68)62-63(73)65(75)67(77)66(76)64(62)74/h15-39H,40H2,1-14H3. The number of aryl methyl sites for hydroxylation is 2. The number of aromatic nitrogens is 2. The van der Waals surface area contributed by atoms with Crippen molar-refractivity contribution in [2.45, 2.75) is 119 Å². The van der Waals surface area contributed by atoms with Gasteiger partial charge in [0.2, 0.25) is 5.82 Å². The molecule has 0 N–H and O–H groups in total. The minimum atomic E-state index is -2.22. The fraction of sp³-hybridized carbons (Fsp3) is 0.264. The lowest BCUT2D eigenvalue weighted by Gasteiger charge is -2.32. The molecule has 0 radical (unpaired) electrons. The molecule has 10 heteroatoms. The molecule has 10 aromatic rings. The molecule has 0 unspecified atom stereocenters. The molecule has 0 atom stereocenters. The molecule has 418 valence electrons. The Bertz CT molecular complexity index is 4120. The van der Waals surface area contributed by atoms with E-state index in [0.29, 0.717) is 28.3 Å². The molecule has 0 spiro atoms. The second kappa shape index (κ2) is 20.0. The van der Waals surface area contributed by atoms with E-state index < -0.39 is 40.1 Å². The van der Waals surface area contributed by atoms with E-state index in [1.54, 1.807) is 6.07 Å². The van der Waals surface area contributed by atoms with E-state index in [0.717, 1.165) is 83.5 Å². The normalized spacial score (nSPS) is 13.2. The number of pyridine rings is 1. The van der Waals surface area contributed by atoms with E-state index in [2.05, 4.69) is 158 Å². The predicted molar refractivity (Wildman–Crippen MR) is 327 cm³/mol. The molecule has 2 aromatic heterocycles. The molecule has 0 bridgehead atoms. The number of hydrogen-bond donors (Lipinski definition) is 0. The van der Waals surface area contributed by atoms with Crippen molar-refractivity contribution in [3.8, 4) is 50.7 Å². The van der Waals surface area contributed by atoms with Gasteiger partial charge in [-0.1, -0.05) is 150 Å². The van der Waals surface area contributed by atoms with Crippen LogP contribution in [0.4, 0.5) is 44.7 Å². The second-order valence-corrected chi connectivity index (χ2v) is 26.2. The summed E-state index contributed by atoms with van der Waals surface area (Å²) in [5.74, 6) is -8.12. The van der Waals surface area contributed by atoms with Gasteiger partial charge in [-0.15, -0.1) is 0 Å². The minimum absolute atomic E-state index is 0.0665. The lowest BCUT2D eigenvalue weighted by Crippen LogP contribution is -2.26. The van der Waals surface area contributed by atoms with Crippen LogP contribution in [0.3, 0.4) is 0 Å². The highest BCUT2D eigenvalue weighted by Crippen LogP contribution is 2.54. The number of nitrogens with zero attached hydrogens (tertiary/aromatic N) is 4. The molecule has 3 heterocycles. The summed E-state index contributed by atoms with van der Waals surface area (Å²) >= 11 is 0. The van der Waals surface area contributed by atoms with Gasteiger partial charge in [0.25, 0.3) is 0 Å². The van der Waals surface area contributed by atoms with Crippen molar-refractivity contribution >= 4 is 44.6 Å². The molecule has 5 nitrogen and oxygen atoms in total. The zero-order valence-corrected chi connectivity index (χ0v) is 49.2. The van der Waals surface area contributed by atoms with Gasteiger partial charge in [0.05, 0.1) is 33.7 Å². The number of ether oxygens (including phenoxy) is 1. The predicted octanol–water partition coefficient (Wildman–Crippen LogP) is 20.7. The Kier molecular flexibility index (Phi) is 13.6. The van der Waals surface area contributed by atoms with Gasteiger partial charge >= 0.3 is 0 Å². The van der Waals surface area contributed by atoms with E-state index in [4.69, 9.17) is 9.72 Å². The number of fused-ring (bicyclic) bond motifs is 4. The van der Waals surface area contributed by atoms with Crippen molar-refractivity contribution in [2.24, 2.45) is 0 Å². The van der Waals surface area contributed by atoms with Gasteiger partial charge in [-0.25, -0.2) is 26.9 Å². The fourth-order valence-corrected chi connectivity index (χ4v) is 11.5. The lowest BCUT2D eigenvalue weighted by atomic mass is 9.77. The highest BCUT2D eigenvalue weighted by atomic mass is 19.2. The van der Waals surface area contributed by atoms with Crippen molar-refractivity contribution in [1.82, 2.24) is 9.55 Å². The highest BCUT2D eigenvalue weighted by molar-refractivity contribution is 6.09. The first kappa shape index (κ1) is 55.7. The van der Waals surface area contributed by atoms with Crippen LogP contribution in [0.1, 0.15) is 116 Å². The minimum Gasteiger partial charge on any atom is -0.457 e. The third-order valence-corrected chi connectivity index (χ3v) is 16.1. The highest BCUT2D eigenvalue weighted by Gasteiger charge is 2.37. The lowest BCUT2D eigenvalue weighted by molar-refractivity contribution is 0.381. The molecule has 8 aromatic carbocycles. The number of benzene rings is 8. The topological polar surface area (TPSA) is 33.5 Å². The Balaban J connectivity index is 1.14. The van der Waals surface area contributed by atoms with Crippen LogP contribution in [0.5, 0.6) is 11.5 Å². The van der Waals surface area contributed by atoms with Crippen molar-refractivity contribution in [2.75, 3.05) is 16.5 Å². The van der Waals surface area contributed by atoms with Crippen LogP contribution in [0.2, 0.25) is 0 Å². The number of rotatable bonds is 8. The number of para-hydroxylation sites is 3. The largest absolute Gasteiger partial charge is 0.457 e. The van der Waals surface area contributed by atoms with Gasteiger partial charge in [-0.2, -0.15) is 0 Å². The maximum absolute atomic E-state index is 16.8. The SMILES string of the molecule is Cc1cccc(C)c1-c1cc(Oc2ccc3c4ccccc4n(-c4cc(C(C)(C)C)ccn4)c3c2)cc(N2CN(c3c(-c4cc(C(C)(C)C)cc(C(C)(C)C)c4)cc(C(C)(C)C)cc3-c3c(F)c(F)c(F)c(F)c3F)c3ccccc32)c1.